The van der Waals surface area contributed by atoms with Gasteiger partial charge in [-0.3, -0.25) is 9.36 Å². The molecule has 0 bridgehead atoms. The Morgan fingerprint density at radius 1 is 1.30 bits per heavy atom. The quantitative estimate of drug-likeness (QED) is 0.725. The molecule has 3 rings (SSSR count). The number of carbonyl (C=O) groups is 1. The number of aromatic nitrogens is 2. The number of nitrogens with zero attached hydrogens (tertiary/aromatic N) is 1. The Kier molecular flexibility index (Phi) is 3.22. The maximum absolute atomic E-state index is 11.9. The number of aromatic amines is 1. The Morgan fingerprint density at radius 3 is 2.90 bits per heavy atom. The highest BCUT2D eigenvalue weighted by Gasteiger charge is 2.09. The predicted molar refractivity (Wildman–Crippen MR) is 77.6 cm³/mol. The second-order valence-corrected chi connectivity index (χ2v) is 4.50. The van der Waals surface area contributed by atoms with E-state index in [1.807, 2.05) is 29.0 Å². The van der Waals surface area contributed by atoms with Crippen molar-refractivity contribution in [1.29, 1.82) is 0 Å². The van der Waals surface area contributed by atoms with Crippen molar-refractivity contribution in [2.45, 2.75) is 0 Å². The zero-order valence-electron chi connectivity index (χ0n) is 10.4. The highest BCUT2D eigenvalue weighted by Crippen LogP contribution is 2.16. The van der Waals surface area contributed by atoms with Crippen LogP contribution in [0.5, 0.6) is 0 Å². The largest absolute Gasteiger partial charge is 0.459 e. The van der Waals surface area contributed by atoms with Crippen LogP contribution in [-0.2, 0) is 0 Å². The van der Waals surface area contributed by atoms with Crippen molar-refractivity contribution in [2.24, 2.45) is 0 Å². The van der Waals surface area contributed by atoms with Crippen LogP contribution in [0, 0.1) is 4.77 Å². The first-order valence-electron chi connectivity index (χ1n) is 5.95. The van der Waals surface area contributed by atoms with Gasteiger partial charge in [0.2, 0.25) is 0 Å². The summed E-state index contributed by atoms with van der Waals surface area (Å²) in [5.41, 5.74) is 1.54. The zero-order chi connectivity index (χ0) is 13.9. The fourth-order valence-electron chi connectivity index (χ4n) is 1.86. The first-order valence-corrected chi connectivity index (χ1v) is 6.36. The minimum Gasteiger partial charge on any atom is -0.459 e. The first kappa shape index (κ1) is 12.4. The Labute approximate surface area is 119 Å². The Hall–Kier alpha value is -2.60. The molecular formula is C14H11N3O2S. The highest BCUT2D eigenvalue weighted by atomic mass is 32.1. The summed E-state index contributed by atoms with van der Waals surface area (Å²) in [4.78, 5) is 14.8. The average molecular weight is 285 g/mol. The number of amides is 1. The van der Waals surface area contributed by atoms with Crippen LogP contribution in [0.1, 0.15) is 10.6 Å². The fraction of sp³-hybridized carbons (Fsp3) is 0. The van der Waals surface area contributed by atoms with E-state index in [-0.39, 0.29) is 11.7 Å². The summed E-state index contributed by atoms with van der Waals surface area (Å²) < 4.78 is 7.46. The molecule has 2 aromatic heterocycles. The van der Waals surface area contributed by atoms with Crippen LogP contribution in [0.3, 0.4) is 0 Å². The van der Waals surface area contributed by atoms with Gasteiger partial charge in [-0.1, -0.05) is 6.07 Å². The number of anilines is 1. The minimum absolute atomic E-state index is 0.272. The maximum Gasteiger partial charge on any atom is 0.291 e. The number of hydrogen-bond donors (Lipinski definition) is 2. The molecule has 0 radical (unpaired) electrons. The van der Waals surface area contributed by atoms with E-state index >= 15 is 0 Å². The standard InChI is InChI=1S/C14H11N3O2S/c18-13(12-5-2-8-19-12)16-10-3-1-4-11(9-10)17-7-6-15-14(17)20/h1-9H,(H,15,20)(H,16,18). The lowest BCUT2D eigenvalue weighted by molar-refractivity contribution is 0.0996. The Bertz CT molecular complexity index is 787. The van der Waals surface area contributed by atoms with Crippen LogP contribution in [0.4, 0.5) is 5.69 Å². The van der Waals surface area contributed by atoms with Gasteiger partial charge in [0.05, 0.1) is 6.26 Å². The van der Waals surface area contributed by atoms with Gasteiger partial charge in [0.15, 0.2) is 10.5 Å². The molecule has 0 aliphatic rings. The van der Waals surface area contributed by atoms with Gasteiger partial charge in [-0.25, -0.2) is 0 Å². The van der Waals surface area contributed by atoms with E-state index in [4.69, 9.17) is 16.6 Å². The molecule has 5 nitrogen and oxygen atoms in total. The number of nitrogens with one attached hydrogen (secondary N) is 2. The molecule has 0 saturated carbocycles. The van der Waals surface area contributed by atoms with E-state index in [0.717, 1.165) is 5.69 Å². The molecular weight excluding hydrogens is 274 g/mol. The molecule has 0 spiro atoms. The molecule has 1 aromatic carbocycles. The predicted octanol–water partition coefficient (Wildman–Crippen LogP) is 3.38. The van der Waals surface area contributed by atoms with Crippen LogP contribution in [0.15, 0.2) is 59.5 Å². The smallest absolute Gasteiger partial charge is 0.291 e. The Morgan fingerprint density at radius 2 is 2.20 bits per heavy atom. The lowest BCUT2D eigenvalue weighted by atomic mass is 10.2. The van der Waals surface area contributed by atoms with Crippen molar-refractivity contribution in [3.63, 3.8) is 0 Å². The summed E-state index contributed by atoms with van der Waals surface area (Å²) in [6.07, 6.45) is 5.05. The molecule has 0 aliphatic heterocycles. The number of imidazole rings is 1. The van der Waals surface area contributed by atoms with Gasteiger partial charge < -0.3 is 14.7 Å². The molecule has 0 atom stereocenters. The summed E-state index contributed by atoms with van der Waals surface area (Å²) in [6, 6.07) is 10.7. The average Bonchev–Trinajstić information content (AvgIpc) is 3.10. The molecule has 0 aliphatic carbocycles. The number of furan rings is 1. The zero-order valence-corrected chi connectivity index (χ0v) is 11.2. The van der Waals surface area contributed by atoms with Gasteiger partial charge in [0.1, 0.15) is 0 Å². The third-order valence-corrected chi connectivity index (χ3v) is 3.09. The highest BCUT2D eigenvalue weighted by molar-refractivity contribution is 7.71. The van der Waals surface area contributed by atoms with Gasteiger partial charge in [0.25, 0.3) is 5.91 Å². The molecule has 0 unspecified atom stereocenters. The van der Waals surface area contributed by atoms with Gasteiger partial charge in [-0.05, 0) is 42.5 Å². The van der Waals surface area contributed by atoms with Gasteiger partial charge in [-0.15, -0.1) is 0 Å². The molecule has 20 heavy (non-hydrogen) atoms. The second-order valence-electron chi connectivity index (χ2n) is 4.12. The van der Waals surface area contributed by atoms with E-state index in [1.165, 1.54) is 6.26 Å². The number of benzene rings is 1. The van der Waals surface area contributed by atoms with Crippen LogP contribution in [0.25, 0.3) is 5.69 Å². The lowest BCUT2D eigenvalue weighted by Gasteiger charge is -2.07. The normalized spacial score (nSPS) is 10.4. The van der Waals surface area contributed by atoms with E-state index in [9.17, 15) is 4.79 Å². The summed E-state index contributed by atoms with van der Waals surface area (Å²) in [7, 11) is 0. The van der Waals surface area contributed by atoms with E-state index in [1.54, 1.807) is 24.4 Å². The summed E-state index contributed by atoms with van der Waals surface area (Å²) >= 11 is 5.17. The molecule has 2 heterocycles. The second kappa shape index (κ2) is 5.18. The third-order valence-electron chi connectivity index (χ3n) is 2.78. The lowest BCUT2D eigenvalue weighted by Crippen LogP contribution is -2.11. The SMILES string of the molecule is O=C(Nc1cccc(-n2cc[nH]c2=S)c1)c1ccco1. The minimum atomic E-state index is -0.287. The van der Waals surface area contributed by atoms with E-state index in [2.05, 4.69) is 10.3 Å². The molecule has 0 saturated heterocycles. The van der Waals surface area contributed by atoms with Crippen molar-refractivity contribution in [3.05, 3.63) is 65.6 Å². The topological polar surface area (TPSA) is 63.0 Å². The van der Waals surface area contributed by atoms with E-state index < -0.39 is 0 Å². The molecule has 2 N–H and O–H groups in total. The molecule has 0 fully saturated rings. The number of carbonyl (C=O) groups excluding carboxylic acids is 1. The molecule has 100 valence electrons. The van der Waals surface area contributed by atoms with Crippen LogP contribution >= 0.6 is 12.2 Å². The summed E-state index contributed by atoms with van der Waals surface area (Å²) in [6.45, 7) is 0. The number of hydrogen-bond acceptors (Lipinski definition) is 3. The van der Waals surface area contributed by atoms with Crippen molar-refractivity contribution >= 4 is 23.8 Å². The number of H-pyrrole nitrogens is 1. The van der Waals surface area contributed by atoms with Crippen molar-refractivity contribution in [1.82, 2.24) is 9.55 Å². The number of rotatable bonds is 3. The fourth-order valence-corrected chi connectivity index (χ4v) is 2.09. The van der Waals surface area contributed by atoms with Crippen molar-refractivity contribution < 1.29 is 9.21 Å². The molecule has 6 heteroatoms. The van der Waals surface area contributed by atoms with E-state index in [0.29, 0.717) is 10.5 Å². The van der Waals surface area contributed by atoms with Crippen molar-refractivity contribution in [2.75, 3.05) is 5.32 Å². The molecule has 3 aromatic rings. The third kappa shape index (κ3) is 2.41. The van der Waals surface area contributed by atoms with Crippen LogP contribution < -0.4 is 5.32 Å². The Balaban J connectivity index is 1.87. The van der Waals surface area contributed by atoms with Crippen LogP contribution in [-0.4, -0.2) is 15.5 Å². The van der Waals surface area contributed by atoms with Crippen LogP contribution in [0.2, 0.25) is 0 Å². The monoisotopic (exact) mass is 285 g/mol. The summed E-state index contributed by atoms with van der Waals surface area (Å²) in [5, 5.41) is 2.78. The maximum atomic E-state index is 11.9. The van der Waals surface area contributed by atoms with Gasteiger partial charge >= 0.3 is 0 Å². The van der Waals surface area contributed by atoms with Gasteiger partial charge in [0, 0.05) is 23.8 Å². The summed E-state index contributed by atoms with van der Waals surface area (Å²) in [5.74, 6) is -0.0153. The van der Waals surface area contributed by atoms with Crippen molar-refractivity contribution in [3.8, 4) is 5.69 Å². The first-order chi connectivity index (χ1) is 9.74. The molecule has 1 amide bonds. The van der Waals surface area contributed by atoms with Gasteiger partial charge in [-0.2, -0.15) is 0 Å².